The van der Waals surface area contributed by atoms with Gasteiger partial charge in [-0.2, -0.15) is 0 Å². The molecule has 0 radical (unpaired) electrons. The fraction of sp³-hybridized carbons (Fsp3) is 0.500. The summed E-state index contributed by atoms with van der Waals surface area (Å²) in [6.07, 6.45) is -1.76. The second kappa shape index (κ2) is 3.53. The van der Waals surface area contributed by atoms with Crippen LogP contribution in [0.4, 0.5) is 0 Å². The van der Waals surface area contributed by atoms with E-state index in [9.17, 15) is 5.11 Å². The summed E-state index contributed by atoms with van der Waals surface area (Å²) in [5.74, 6) is 0. The average Bonchev–Trinajstić information content (AvgIpc) is 2.81. The molecule has 4 heteroatoms. The maximum Gasteiger partial charge on any atom is 0.161 e. The summed E-state index contributed by atoms with van der Waals surface area (Å²) in [5, 5.41) is 12.1. The van der Waals surface area contributed by atoms with Gasteiger partial charge in [0, 0.05) is 6.04 Å². The van der Waals surface area contributed by atoms with Gasteiger partial charge in [0.15, 0.2) is 6.10 Å². The van der Waals surface area contributed by atoms with Crippen molar-refractivity contribution in [2.45, 2.75) is 25.1 Å². The molecule has 0 amide bonds. The second-order valence-electron chi connectivity index (χ2n) is 4.29. The van der Waals surface area contributed by atoms with Crippen molar-refractivity contribution >= 4 is 0 Å². The lowest BCUT2D eigenvalue weighted by molar-refractivity contribution is -0.653. The highest BCUT2D eigenvalue weighted by Gasteiger charge is 2.49. The van der Waals surface area contributed by atoms with E-state index in [1.54, 1.807) is 4.90 Å². The lowest BCUT2D eigenvalue weighted by Crippen LogP contribution is -2.55. The molecule has 4 nitrogen and oxygen atoms in total. The molecule has 2 aliphatic rings. The van der Waals surface area contributed by atoms with Crippen molar-refractivity contribution in [2.75, 3.05) is 13.2 Å². The van der Waals surface area contributed by atoms with Gasteiger partial charge in [-0.25, -0.2) is 0 Å². The fourth-order valence-corrected chi connectivity index (χ4v) is 2.47. The summed E-state index contributed by atoms with van der Waals surface area (Å²) in [7, 11) is 0. The summed E-state index contributed by atoms with van der Waals surface area (Å²) in [6.45, 7) is 2.96. The molecule has 0 saturated carbocycles. The summed E-state index contributed by atoms with van der Waals surface area (Å²) >= 11 is 0. The SMILES string of the molecule is C[C@H](c1ccccc1)N1C2COC1([O-])OC2. The summed E-state index contributed by atoms with van der Waals surface area (Å²) in [5.41, 5.74) is 1.11. The zero-order chi connectivity index (χ0) is 11.2. The van der Waals surface area contributed by atoms with Crippen LogP contribution >= 0.6 is 0 Å². The van der Waals surface area contributed by atoms with Gasteiger partial charge < -0.3 is 14.6 Å². The average molecular weight is 220 g/mol. The van der Waals surface area contributed by atoms with Crippen molar-refractivity contribution in [3.05, 3.63) is 35.9 Å². The standard InChI is InChI=1S/C12H14NO3/c1-9(10-5-3-2-4-6-10)13-11-7-15-12(13,14)16-8-11/h2-6,9,11H,7-8H2,1H3/q-1/t9-,11?,12?/m1/s1. The number of benzene rings is 1. The van der Waals surface area contributed by atoms with Crippen LogP contribution in [0.5, 0.6) is 0 Å². The molecule has 0 N–H and O–H groups in total. The summed E-state index contributed by atoms with van der Waals surface area (Å²) in [4.78, 5) is 1.78. The molecule has 0 spiro atoms. The third-order valence-electron chi connectivity index (χ3n) is 3.33. The minimum absolute atomic E-state index is 0.0219. The monoisotopic (exact) mass is 220 g/mol. The van der Waals surface area contributed by atoms with Gasteiger partial charge in [0.25, 0.3) is 0 Å². The first-order valence-corrected chi connectivity index (χ1v) is 5.52. The Bertz CT molecular complexity index is 373. The Kier molecular flexibility index (Phi) is 2.26. The van der Waals surface area contributed by atoms with Gasteiger partial charge >= 0.3 is 0 Å². The first kappa shape index (κ1) is 10.2. The molecule has 86 valence electrons. The number of rotatable bonds is 2. The molecule has 2 heterocycles. The van der Waals surface area contributed by atoms with E-state index >= 15 is 0 Å². The summed E-state index contributed by atoms with van der Waals surface area (Å²) < 4.78 is 10.3. The third-order valence-corrected chi connectivity index (χ3v) is 3.33. The van der Waals surface area contributed by atoms with E-state index in [1.807, 2.05) is 37.3 Å². The number of fused-ring (bicyclic) bond motifs is 2. The quantitative estimate of drug-likeness (QED) is 0.726. The Morgan fingerprint density at radius 2 is 1.94 bits per heavy atom. The van der Waals surface area contributed by atoms with Crippen LogP contribution in [0.25, 0.3) is 0 Å². The van der Waals surface area contributed by atoms with Gasteiger partial charge in [0.1, 0.15) is 0 Å². The largest absolute Gasteiger partial charge is 0.793 e. The predicted octanol–water partition coefficient (Wildman–Crippen LogP) is 0.450. The molecule has 0 aliphatic carbocycles. The molecule has 1 aromatic rings. The molecule has 16 heavy (non-hydrogen) atoms. The highest BCUT2D eigenvalue weighted by Crippen LogP contribution is 2.38. The van der Waals surface area contributed by atoms with E-state index in [0.29, 0.717) is 13.2 Å². The smallest absolute Gasteiger partial charge is 0.161 e. The van der Waals surface area contributed by atoms with Crippen molar-refractivity contribution in [1.29, 1.82) is 0 Å². The fourth-order valence-electron chi connectivity index (χ4n) is 2.47. The minimum atomic E-state index is -1.76. The normalized spacial score (nSPS) is 35.5. The second-order valence-corrected chi connectivity index (χ2v) is 4.29. The molecule has 2 saturated heterocycles. The van der Waals surface area contributed by atoms with Crippen LogP contribution < -0.4 is 5.11 Å². The molecule has 3 rings (SSSR count). The molecular formula is C12H14NO3-. The minimum Gasteiger partial charge on any atom is -0.793 e. The van der Waals surface area contributed by atoms with Crippen LogP contribution in [0.2, 0.25) is 0 Å². The summed E-state index contributed by atoms with van der Waals surface area (Å²) in [6, 6.07) is 10.1. The van der Waals surface area contributed by atoms with E-state index in [2.05, 4.69) is 0 Å². The number of ether oxygens (including phenoxy) is 2. The van der Waals surface area contributed by atoms with Crippen LogP contribution in [0.3, 0.4) is 0 Å². The van der Waals surface area contributed by atoms with Crippen molar-refractivity contribution in [1.82, 2.24) is 4.90 Å². The van der Waals surface area contributed by atoms with Crippen molar-refractivity contribution in [2.24, 2.45) is 0 Å². The van der Waals surface area contributed by atoms with E-state index < -0.39 is 6.10 Å². The molecule has 0 unspecified atom stereocenters. The van der Waals surface area contributed by atoms with Crippen LogP contribution in [0, 0.1) is 0 Å². The Labute approximate surface area is 94.4 Å². The van der Waals surface area contributed by atoms with E-state index in [-0.39, 0.29) is 12.1 Å². The molecule has 2 aliphatic heterocycles. The van der Waals surface area contributed by atoms with Crippen molar-refractivity contribution in [3.8, 4) is 0 Å². The molecule has 1 aromatic carbocycles. The topological polar surface area (TPSA) is 44.8 Å². The maximum atomic E-state index is 12.1. The van der Waals surface area contributed by atoms with Crippen LogP contribution in [0.15, 0.2) is 30.3 Å². The van der Waals surface area contributed by atoms with Gasteiger partial charge in [-0.1, -0.05) is 30.3 Å². The van der Waals surface area contributed by atoms with Crippen LogP contribution in [-0.4, -0.2) is 30.3 Å². The molecule has 2 bridgehead atoms. The van der Waals surface area contributed by atoms with E-state index in [4.69, 9.17) is 9.47 Å². The first-order valence-electron chi connectivity index (χ1n) is 5.52. The van der Waals surface area contributed by atoms with Crippen molar-refractivity contribution in [3.63, 3.8) is 0 Å². The van der Waals surface area contributed by atoms with Crippen LogP contribution in [-0.2, 0) is 9.47 Å². The third kappa shape index (κ3) is 1.38. The van der Waals surface area contributed by atoms with E-state index in [1.165, 1.54) is 0 Å². The Morgan fingerprint density at radius 3 is 2.44 bits per heavy atom. The first-order chi connectivity index (χ1) is 7.71. The highest BCUT2D eigenvalue weighted by molar-refractivity contribution is 5.19. The van der Waals surface area contributed by atoms with Gasteiger partial charge in [-0.3, -0.25) is 4.90 Å². The zero-order valence-electron chi connectivity index (χ0n) is 9.13. The molecule has 2 fully saturated rings. The zero-order valence-corrected chi connectivity index (χ0v) is 9.13. The Hall–Kier alpha value is -0.940. The Balaban J connectivity index is 1.89. The van der Waals surface area contributed by atoms with Gasteiger partial charge in [0.05, 0.1) is 19.3 Å². The van der Waals surface area contributed by atoms with Crippen LogP contribution in [0.1, 0.15) is 18.5 Å². The molecule has 0 aromatic heterocycles. The molecular weight excluding hydrogens is 206 g/mol. The predicted molar refractivity (Wildman–Crippen MR) is 55.1 cm³/mol. The lowest BCUT2D eigenvalue weighted by atomic mass is 10.1. The lowest BCUT2D eigenvalue weighted by Gasteiger charge is -2.40. The number of hydrogen-bond donors (Lipinski definition) is 0. The van der Waals surface area contributed by atoms with Gasteiger partial charge in [0.2, 0.25) is 0 Å². The van der Waals surface area contributed by atoms with Gasteiger partial charge in [-0.15, -0.1) is 0 Å². The number of hydrogen-bond acceptors (Lipinski definition) is 4. The Morgan fingerprint density at radius 1 is 1.31 bits per heavy atom. The maximum absolute atomic E-state index is 12.1. The number of nitrogens with zero attached hydrogens (tertiary/aromatic N) is 1. The highest BCUT2D eigenvalue weighted by atomic mass is 16.9. The molecule has 1 atom stereocenters. The van der Waals surface area contributed by atoms with Gasteiger partial charge in [-0.05, 0) is 12.5 Å². The van der Waals surface area contributed by atoms with Crippen molar-refractivity contribution < 1.29 is 14.6 Å². The van der Waals surface area contributed by atoms with E-state index in [0.717, 1.165) is 5.56 Å².